The van der Waals surface area contributed by atoms with Crippen LogP contribution in [0.1, 0.15) is 58.9 Å². The van der Waals surface area contributed by atoms with Gasteiger partial charge in [0, 0.05) is 24.1 Å². The van der Waals surface area contributed by atoms with Crippen LogP contribution in [0.5, 0.6) is 0 Å². The SMILES string of the molecule is O=C(O)C1=C(CCl)CS(=O)[C@H]2C(NC(=O)/C(=N\OC3(C(=O)OC(c4ccccc4)c4ccccc4)CCC3)c3csc(NC(c4ccccc4)(c4ccccc4)c4ccccc4)n3)C(=O)N12. The number of nitrogens with zero attached hydrogens (tertiary/aromatic N) is 3. The van der Waals surface area contributed by atoms with E-state index in [1.807, 2.05) is 152 Å². The molecule has 0 bridgehead atoms. The van der Waals surface area contributed by atoms with Crippen molar-refractivity contribution in [2.45, 2.75) is 47.9 Å². The molecule has 3 atom stereocenters. The zero-order valence-corrected chi connectivity index (χ0v) is 37.5. The van der Waals surface area contributed by atoms with E-state index in [-0.39, 0.29) is 47.2 Å². The van der Waals surface area contributed by atoms with E-state index in [9.17, 15) is 28.5 Å². The van der Waals surface area contributed by atoms with Gasteiger partial charge in [0.25, 0.3) is 11.8 Å². The Morgan fingerprint density at radius 3 is 1.83 bits per heavy atom. The molecule has 3 heterocycles. The Morgan fingerprint density at radius 2 is 1.36 bits per heavy atom. The second kappa shape index (κ2) is 18.9. The lowest BCUT2D eigenvalue weighted by molar-refractivity contribution is -0.189. The average Bonchev–Trinajstić information content (AvgIpc) is 3.81. The van der Waals surface area contributed by atoms with Gasteiger partial charge in [-0.3, -0.25) is 18.7 Å². The minimum Gasteiger partial charge on any atom is -0.477 e. The van der Waals surface area contributed by atoms with Gasteiger partial charge in [-0.25, -0.2) is 14.6 Å². The summed E-state index contributed by atoms with van der Waals surface area (Å²) >= 11 is 7.20. The summed E-state index contributed by atoms with van der Waals surface area (Å²) in [6.07, 6.45) is 0.319. The molecule has 2 unspecified atom stereocenters. The first-order valence-corrected chi connectivity index (χ1v) is 23.9. The highest BCUT2D eigenvalue weighted by Crippen LogP contribution is 2.42. The lowest BCUT2D eigenvalue weighted by Crippen LogP contribution is -2.74. The zero-order chi connectivity index (χ0) is 45.8. The molecule has 3 N–H and O–H groups in total. The fourth-order valence-corrected chi connectivity index (χ4v) is 11.3. The third kappa shape index (κ3) is 8.29. The molecule has 2 amide bonds. The number of amides is 2. The Hall–Kier alpha value is -6.94. The van der Waals surface area contributed by atoms with Crippen LogP contribution in [-0.2, 0) is 45.1 Å². The number of nitrogens with one attached hydrogen (secondary N) is 2. The minimum atomic E-state index is -1.81. The third-order valence-electron chi connectivity index (χ3n) is 12.0. The largest absolute Gasteiger partial charge is 0.477 e. The van der Waals surface area contributed by atoms with Crippen molar-refractivity contribution in [2.75, 3.05) is 16.9 Å². The first kappa shape index (κ1) is 44.3. The number of carboxylic acids is 1. The number of halogens is 1. The van der Waals surface area contributed by atoms with Gasteiger partial charge in [-0.1, -0.05) is 157 Å². The number of carbonyl (C=O) groups excluding carboxylic acids is 3. The Balaban J connectivity index is 1.08. The topological polar surface area (TPSA) is 177 Å². The summed E-state index contributed by atoms with van der Waals surface area (Å²) in [6, 6.07) is 46.9. The first-order valence-electron chi connectivity index (χ1n) is 21.1. The highest BCUT2D eigenvalue weighted by atomic mass is 35.5. The normalized spacial score (nSPS) is 18.9. The van der Waals surface area contributed by atoms with E-state index in [1.165, 1.54) is 11.3 Å². The van der Waals surface area contributed by atoms with Crippen LogP contribution in [0.4, 0.5) is 5.13 Å². The molecule has 1 saturated carbocycles. The van der Waals surface area contributed by atoms with Gasteiger partial charge in [0.2, 0.25) is 5.60 Å². The number of hydrogen-bond donors (Lipinski definition) is 3. The van der Waals surface area contributed by atoms with Crippen molar-refractivity contribution in [1.29, 1.82) is 0 Å². The number of hydrogen-bond acceptors (Lipinski definition) is 11. The predicted octanol–water partition coefficient (Wildman–Crippen LogP) is 7.52. The first-order chi connectivity index (χ1) is 32.1. The lowest BCUT2D eigenvalue weighted by atomic mass is 9.77. The van der Waals surface area contributed by atoms with Gasteiger partial charge in [-0.2, -0.15) is 0 Å². The number of aliphatic carboxylic acids is 1. The van der Waals surface area contributed by atoms with Crippen molar-refractivity contribution >= 4 is 68.3 Å². The van der Waals surface area contributed by atoms with Crippen LogP contribution in [0.3, 0.4) is 0 Å². The van der Waals surface area contributed by atoms with Gasteiger partial charge in [-0.15, -0.1) is 22.9 Å². The number of esters is 1. The summed E-state index contributed by atoms with van der Waals surface area (Å²) in [4.78, 5) is 66.8. The van der Waals surface area contributed by atoms with E-state index in [0.717, 1.165) is 32.7 Å². The molecule has 334 valence electrons. The standard InChI is InChI=1S/C50H42ClN5O8S2/c51-29-34-31-66(62)45-40(44(58)56(45)41(34)46(59)60)53-43(57)39(55-64-49(27-16-28-49)47(61)63-42(32-17-6-1-7-18-32)33-19-8-2-9-20-33)38-30-65-48(52-38)54-50(35-21-10-3-11-22-35,36-23-12-4-13-24-36)37-25-14-5-15-26-37/h1-15,17-26,30,40,42,45H,16,27-29,31H2,(H,52,54)(H,53,57)(H,59,60)/b55-39-/t40?,45-,66?/m0/s1. The van der Waals surface area contributed by atoms with Crippen LogP contribution < -0.4 is 10.6 Å². The maximum absolute atomic E-state index is 14.6. The van der Waals surface area contributed by atoms with Crippen molar-refractivity contribution in [3.8, 4) is 0 Å². The number of ether oxygens (including phenoxy) is 1. The number of β-lactam (4-membered cyclic amide) rings is 1. The molecule has 6 aromatic rings. The molecule has 0 spiro atoms. The molecule has 13 nitrogen and oxygen atoms in total. The zero-order valence-electron chi connectivity index (χ0n) is 35.1. The summed E-state index contributed by atoms with van der Waals surface area (Å²) in [5.41, 5.74) is 1.11. The minimum absolute atomic E-state index is 0.0429. The van der Waals surface area contributed by atoms with Gasteiger partial charge >= 0.3 is 11.9 Å². The van der Waals surface area contributed by atoms with Crippen molar-refractivity contribution in [1.82, 2.24) is 15.2 Å². The molecule has 16 heteroatoms. The Kier molecular flexibility index (Phi) is 12.7. The third-order valence-corrected chi connectivity index (χ3v) is 14.7. The average molecular weight is 940 g/mol. The summed E-state index contributed by atoms with van der Waals surface area (Å²) in [6.45, 7) is 0. The maximum atomic E-state index is 14.6. The van der Waals surface area contributed by atoms with E-state index < -0.39 is 63.2 Å². The number of carbonyl (C=O) groups is 4. The number of carboxylic acid groups (broad SMARTS) is 1. The molecule has 0 radical (unpaired) electrons. The van der Waals surface area contributed by atoms with E-state index in [2.05, 4.69) is 15.8 Å². The molecule has 3 aliphatic rings. The smallest absolute Gasteiger partial charge is 0.354 e. The van der Waals surface area contributed by atoms with Crippen LogP contribution in [0.15, 0.2) is 173 Å². The molecule has 9 rings (SSSR count). The molecule has 66 heavy (non-hydrogen) atoms. The van der Waals surface area contributed by atoms with Crippen molar-refractivity contribution in [2.24, 2.45) is 5.16 Å². The summed E-state index contributed by atoms with van der Waals surface area (Å²) in [5.74, 6) is -4.23. The number of aromatic nitrogens is 1. The van der Waals surface area contributed by atoms with Crippen LogP contribution >= 0.6 is 22.9 Å². The number of thiazole rings is 1. The number of rotatable bonds is 16. The second-order valence-electron chi connectivity index (χ2n) is 16.0. The monoisotopic (exact) mass is 939 g/mol. The number of benzene rings is 5. The highest BCUT2D eigenvalue weighted by Gasteiger charge is 2.57. The van der Waals surface area contributed by atoms with Gasteiger partial charge in [0.05, 0.1) is 16.6 Å². The van der Waals surface area contributed by atoms with Gasteiger partial charge in [0.1, 0.15) is 28.3 Å². The Bertz CT molecular complexity index is 2710. The number of anilines is 1. The molecule has 1 saturated heterocycles. The van der Waals surface area contributed by atoms with E-state index in [0.29, 0.717) is 11.6 Å². The molecule has 2 fully saturated rings. The van der Waals surface area contributed by atoms with E-state index in [1.54, 1.807) is 5.38 Å². The van der Waals surface area contributed by atoms with E-state index >= 15 is 0 Å². The summed E-state index contributed by atoms with van der Waals surface area (Å²) < 4.78 is 19.7. The van der Waals surface area contributed by atoms with Gasteiger partial charge < -0.3 is 25.3 Å². The van der Waals surface area contributed by atoms with Crippen molar-refractivity contribution in [3.05, 3.63) is 202 Å². The number of alkyl halides is 1. The highest BCUT2D eigenvalue weighted by molar-refractivity contribution is 7.86. The van der Waals surface area contributed by atoms with Crippen LogP contribution in [0.2, 0.25) is 0 Å². The Morgan fingerprint density at radius 1 is 0.848 bits per heavy atom. The Labute approximate surface area is 391 Å². The second-order valence-corrected chi connectivity index (χ2v) is 18.6. The number of fused-ring (bicyclic) bond motifs is 1. The fraction of sp³-hybridized carbons (Fsp3) is 0.200. The predicted molar refractivity (Wildman–Crippen MR) is 251 cm³/mol. The fourth-order valence-electron chi connectivity index (χ4n) is 8.51. The van der Waals surface area contributed by atoms with Gasteiger partial charge in [-0.05, 0) is 39.8 Å². The molecule has 1 aliphatic carbocycles. The lowest BCUT2D eigenvalue weighted by Gasteiger charge is -2.48. The molecular formula is C50H42ClN5O8S2. The maximum Gasteiger partial charge on any atom is 0.354 e. The van der Waals surface area contributed by atoms with Crippen molar-refractivity contribution < 1.29 is 38.1 Å². The molecular weight excluding hydrogens is 898 g/mol. The van der Waals surface area contributed by atoms with E-state index in [4.69, 9.17) is 26.2 Å². The van der Waals surface area contributed by atoms with Gasteiger partial charge in [0.15, 0.2) is 16.9 Å². The van der Waals surface area contributed by atoms with Crippen LogP contribution in [-0.4, -0.2) is 77.3 Å². The summed E-state index contributed by atoms with van der Waals surface area (Å²) in [7, 11) is -1.81. The molecule has 5 aromatic carbocycles. The van der Waals surface area contributed by atoms with Crippen LogP contribution in [0, 0.1) is 0 Å². The quantitative estimate of drug-likeness (QED) is 0.0220. The molecule has 2 aliphatic heterocycles. The van der Waals surface area contributed by atoms with Crippen LogP contribution in [0.25, 0.3) is 0 Å². The number of oxime groups is 1. The summed E-state index contributed by atoms with van der Waals surface area (Å²) in [5, 5.41) is 21.5. The van der Waals surface area contributed by atoms with Crippen molar-refractivity contribution in [3.63, 3.8) is 0 Å². The molecule has 1 aromatic heterocycles.